The van der Waals surface area contributed by atoms with E-state index in [1.165, 1.54) is 244 Å². The van der Waals surface area contributed by atoms with Crippen LogP contribution in [0.2, 0.25) is 0 Å². The Morgan fingerprint density at radius 2 is 0.701 bits per heavy atom. The van der Waals surface area contributed by atoms with E-state index in [4.69, 9.17) is 4.74 Å². The molecule has 3 N–H and O–H groups in total. The van der Waals surface area contributed by atoms with Gasteiger partial charge in [0.15, 0.2) is 0 Å². The Morgan fingerprint density at radius 1 is 0.403 bits per heavy atom. The van der Waals surface area contributed by atoms with Gasteiger partial charge in [0.05, 0.1) is 25.4 Å². The second-order valence-electron chi connectivity index (χ2n) is 20.7. The fourth-order valence-corrected chi connectivity index (χ4v) is 9.34. The van der Waals surface area contributed by atoms with Gasteiger partial charge < -0.3 is 20.3 Å². The van der Waals surface area contributed by atoms with Gasteiger partial charge in [-0.25, -0.2) is 0 Å². The molecule has 396 valence electrons. The molecule has 0 aromatic heterocycles. The maximum Gasteiger partial charge on any atom is 0.305 e. The standard InChI is InChI=1S/C61H117NO5/c1-3-5-7-9-11-13-15-17-19-20-23-27-31-35-39-43-47-51-55-61(66)67-56-52-48-44-40-36-32-28-24-21-22-26-30-34-38-42-46-50-54-60(65)62-58(57-63)59(64)53-49-45-41-37-33-29-25-18-16-14-12-10-8-6-4-2/h21,24,49,53,58-59,63-64H,3-20,22-23,25-48,50-52,54-57H2,1-2H3,(H,62,65)/b24-21-,53-49+. The first-order valence-corrected chi connectivity index (χ1v) is 30.1. The molecule has 2 atom stereocenters. The predicted molar refractivity (Wildman–Crippen MR) is 292 cm³/mol. The van der Waals surface area contributed by atoms with Crippen molar-refractivity contribution in [3.8, 4) is 0 Å². The number of carbonyl (C=O) groups excluding carboxylic acids is 2. The zero-order chi connectivity index (χ0) is 48.6. The number of allylic oxidation sites excluding steroid dienone is 3. The van der Waals surface area contributed by atoms with Gasteiger partial charge in [0, 0.05) is 12.8 Å². The third-order valence-electron chi connectivity index (χ3n) is 14.0. The van der Waals surface area contributed by atoms with Crippen LogP contribution in [-0.2, 0) is 14.3 Å². The molecule has 0 aromatic rings. The predicted octanol–water partition coefficient (Wildman–Crippen LogP) is 18.6. The maximum absolute atomic E-state index is 12.5. The average Bonchev–Trinajstić information content (AvgIpc) is 3.33. The molecule has 0 aromatic carbocycles. The second kappa shape index (κ2) is 56.9. The van der Waals surface area contributed by atoms with Gasteiger partial charge in [-0.2, -0.15) is 0 Å². The summed E-state index contributed by atoms with van der Waals surface area (Å²) in [4.78, 5) is 24.5. The molecule has 0 aliphatic rings. The highest BCUT2D eigenvalue weighted by Gasteiger charge is 2.18. The van der Waals surface area contributed by atoms with E-state index in [2.05, 4.69) is 31.3 Å². The fraction of sp³-hybridized carbons (Fsp3) is 0.902. The SMILES string of the molecule is CCCCCCCCCCCCCCC/C=C/C(O)C(CO)NC(=O)CCCCCCCCC/C=C\CCCCCCCCOC(=O)CCCCCCCCCCCCCCCCCCCC. The van der Waals surface area contributed by atoms with Crippen LogP contribution in [0.15, 0.2) is 24.3 Å². The third kappa shape index (κ3) is 53.5. The summed E-state index contributed by atoms with van der Waals surface area (Å²) in [6, 6.07) is -0.636. The van der Waals surface area contributed by atoms with Gasteiger partial charge in [0.1, 0.15) is 0 Å². The van der Waals surface area contributed by atoms with Gasteiger partial charge in [-0.3, -0.25) is 9.59 Å². The zero-order valence-corrected chi connectivity index (χ0v) is 45.1. The molecule has 0 aliphatic heterocycles. The highest BCUT2D eigenvalue weighted by atomic mass is 16.5. The molecule has 1 amide bonds. The van der Waals surface area contributed by atoms with Gasteiger partial charge in [-0.05, 0) is 57.8 Å². The van der Waals surface area contributed by atoms with Crippen LogP contribution in [0.3, 0.4) is 0 Å². The van der Waals surface area contributed by atoms with Gasteiger partial charge >= 0.3 is 5.97 Å². The molecule has 0 radical (unpaired) electrons. The van der Waals surface area contributed by atoms with Crippen LogP contribution in [0.4, 0.5) is 0 Å². The fourth-order valence-electron chi connectivity index (χ4n) is 9.34. The van der Waals surface area contributed by atoms with Crippen LogP contribution in [0.1, 0.15) is 328 Å². The number of rotatable bonds is 56. The van der Waals surface area contributed by atoms with Gasteiger partial charge in [-0.1, -0.05) is 282 Å². The minimum Gasteiger partial charge on any atom is -0.466 e. The molecule has 0 rings (SSSR count). The van der Waals surface area contributed by atoms with Crippen molar-refractivity contribution in [2.45, 2.75) is 341 Å². The molecule has 6 nitrogen and oxygen atoms in total. The van der Waals surface area contributed by atoms with Crippen molar-refractivity contribution >= 4 is 11.9 Å². The van der Waals surface area contributed by atoms with E-state index in [1.807, 2.05) is 6.08 Å². The van der Waals surface area contributed by atoms with E-state index in [0.717, 1.165) is 57.8 Å². The van der Waals surface area contributed by atoms with E-state index < -0.39 is 12.1 Å². The zero-order valence-electron chi connectivity index (χ0n) is 45.1. The van der Waals surface area contributed by atoms with E-state index in [0.29, 0.717) is 19.4 Å². The lowest BCUT2D eigenvalue weighted by atomic mass is 10.0. The third-order valence-corrected chi connectivity index (χ3v) is 14.0. The highest BCUT2D eigenvalue weighted by molar-refractivity contribution is 5.76. The van der Waals surface area contributed by atoms with E-state index >= 15 is 0 Å². The molecule has 0 heterocycles. The Labute approximate surface area is 418 Å². The monoisotopic (exact) mass is 944 g/mol. The number of hydrogen-bond acceptors (Lipinski definition) is 5. The topological polar surface area (TPSA) is 95.9 Å². The first-order chi connectivity index (χ1) is 33.0. The lowest BCUT2D eigenvalue weighted by Crippen LogP contribution is -2.45. The highest BCUT2D eigenvalue weighted by Crippen LogP contribution is 2.17. The summed E-state index contributed by atoms with van der Waals surface area (Å²) < 4.78 is 5.49. The Kier molecular flexibility index (Phi) is 55.5. The number of amides is 1. The summed E-state index contributed by atoms with van der Waals surface area (Å²) in [6.45, 7) is 4.90. The lowest BCUT2D eigenvalue weighted by Gasteiger charge is -2.20. The maximum atomic E-state index is 12.5. The number of aliphatic hydroxyl groups excluding tert-OH is 2. The van der Waals surface area contributed by atoms with Crippen molar-refractivity contribution in [3.05, 3.63) is 24.3 Å². The quantitative estimate of drug-likeness (QED) is 0.0321. The van der Waals surface area contributed by atoms with Crippen LogP contribution in [0, 0.1) is 0 Å². The summed E-state index contributed by atoms with van der Waals surface area (Å²) in [5.74, 6) is -0.0767. The van der Waals surface area contributed by atoms with Crippen LogP contribution in [-0.4, -0.2) is 47.4 Å². The first kappa shape index (κ1) is 65.3. The van der Waals surface area contributed by atoms with E-state index in [1.54, 1.807) is 6.08 Å². The van der Waals surface area contributed by atoms with Crippen LogP contribution in [0.25, 0.3) is 0 Å². The van der Waals surface area contributed by atoms with Crippen molar-refractivity contribution in [1.82, 2.24) is 5.32 Å². The number of carbonyl (C=O) groups is 2. The van der Waals surface area contributed by atoms with E-state index in [-0.39, 0.29) is 18.5 Å². The summed E-state index contributed by atoms with van der Waals surface area (Å²) in [7, 11) is 0. The largest absolute Gasteiger partial charge is 0.466 e. The summed E-state index contributed by atoms with van der Waals surface area (Å²) in [5, 5.41) is 23.1. The molecule has 0 spiro atoms. The minimum atomic E-state index is -0.852. The second-order valence-corrected chi connectivity index (χ2v) is 20.7. The van der Waals surface area contributed by atoms with Crippen LogP contribution < -0.4 is 5.32 Å². The van der Waals surface area contributed by atoms with Crippen molar-refractivity contribution in [1.29, 1.82) is 0 Å². The number of aliphatic hydroxyl groups is 2. The first-order valence-electron chi connectivity index (χ1n) is 30.1. The smallest absolute Gasteiger partial charge is 0.305 e. The summed E-state index contributed by atoms with van der Waals surface area (Å²) in [5.41, 5.74) is 0. The molecule has 0 fully saturated rings. The van der Waals surface area contributed by atoms with Crippen molar-refractivity contribution < 1.29 is 24.5 Å². The number of nitrogens with one attached hydrogen (secondary N) is 1. The minimum absolute atomic E-state index is 0.00188. The van der Waals surface area contributed by atoms with Gasteiger partial charge in [0.2, 0.25) is 5.91 Å². The van der Waals surface area contributed by atoms with Crippen molar-refractivity contribution in [2.24, 2.45) is 0 Å². The Hall–Kier alpha value is -1.66. The molecule has 0 saturated heterocycles. The molecule has 0 saturated carbocycles. The molecule has 67 heavy (non-hydrogen) atoms. The summed E-state index contributed by atoms with van der Waals surface area (Å²) >= 11 is 0. The molecule has 6 heteroatoms. The number of hydrogen-bond donors (Lipinski definition) is 3. The molecular weight excluding hydrogens is 827 g/mol. The van der Waals surface area contributed by atoms with Crippen molar-refractivity contribution in [2.75, 3.05) is 13.2 Å². The van der Waals surface area contributed by atoms with E-state index in [9.17, 15) is 19.8 Å². The molecule has 0 aliphatic carbocycles. The summed E-state index contributed by atoms with van der Waals surface area (Å²) in [6.07, 6.45) is 69.2. The van der Waals surface area contributed by atoms with Crippen LogP contribution >= 0.6 is 0 Å². The Bertz CT molecular complexity index is 1040. The number of ether oxygens (including phenoxy) is 1. The number of esters is 1. The molecule has 2 unspecified atom stereocenters. The molecular formula is C61H117NO5. The van der Waals surface area contributed by atoms with Gasteiger partial charge in [-0.15, -0.1) is 0 Å². The van der Waals surface area contributed by atoms with Gasteiger partial charge in [0.25, 0.3) is 0 Å². The molecule has 0 bridgehead atoms. The number of unbranched alkanes of at least 4 members (excludes halogenated alkanes) is 43. The average molecular weight is 945 g/mol. The van der Waals surface area contributed by atoms with Crippen LogP contribution in [0.5, 0.6) is 0 Å². The Balaban J connectivity index is 3.45. The normalized spacial score (nSPS) is 12.7. The van der Waals surface area contributed by atoms with Crippen molar-refractivity contribution in [3.63, 3.8) is 0 Å². The lowest BCUT2D eigenvalue weighted by molar-refractivity contribution is -0.143. The Morgan fingerprint density at radius 3 is 1.06 bits per heavy atom.